The van der Waals surface area contributed by atoms with Gasteiger partial charge in [-0.05, 0) is 25.0 Å². The summed E-state index contributed by atoms with van der Waals surface area (Å²) >= 11 is 0. The van der Waals surface area contributed by atoms with E-state index in [4.69, 9.17) is 14.2 Å². The van der Waals surface area contributed by atoms with Crippen molar-refractivity contribution in [2.24, 2.45) is 5.92 Å². The van der Waals surface area contributed by atoms with Crippen molar-refractivity contribution in [3.8, 4) is 17.0 Å². The number of rotatable bonds is 2. The molecule has 1 atom stereocenters. The van der Waals surface area contributed by atoms with Crippen LogP contribution >= 0.6 is 0 Å². The van der Waals surface area contributed by atoms with Gasteiger partial charge in [-0.25, -0.2) is 4.79 Å². The Morgan fingerprint density at radius 3 is 3.00 bits per heavy atom. The molecule has 120 valence electrons. The molecule has 6 nitrogen and oxygen atoms in total. The standard InChI is InChI=1S/C17H18N2O4/c1-21-17(20)13-8-12-15(19-13)11-2-5-18-9-14(11)23-16(12)10-3-6-22-7-4-10/h2,5,8-10,16,19H,3-4,6-7H2,1H3. The van der Waals surface area contributed by atoms with Crippen LogP contribution in [0.1, 0.15) is 35.0 Å². The number of nitrogens with one attached hydrogen (secondary N) is 1. The van der Waals surface area contributed by atoms with Gasteiger partial charge in [0.15, 0.2) is 0 Å². The van der Waals surface area contributed by atoms with Crippen LogP contribution < -0.4 is 4.74 Å². The molecule has 0 amide bonds. The highest BCUT2D eigenvalue weighted by atomic mass is 16.5. The first-order chi connectivity index (χ1) is 11.3. The summed E-state index contributed by atoms with van der Waals surface area (Å²) in [5.74, 6) is 0.729. The van der Waals surface area contributed by atoms with Crippen molar-refractivity contribution in [3.05, 3.63) is 35.8 Å². The number of hydrogen-bond acceptors (Lipinski definition) is 5. The van der Waals surface area contributed by atoms with Gasteiger partial charge in [-0.2, -0.15) is 0 Å². The molecule has 1 unspecified atom stereocenters. The van der Waals surface area contributed by atoms with Gasteiger partial charge in [0.2, 0.25) is 0 Å². The summed E-state index contributed by atoms with van der Waals surface area (Å²) in [5.41, 5.74) is 3.30. The highest BCUT2D eigenvalue weighted by molar-refractivity contribution is 5.90. The maximum absolute atomic E-state index is 11.9. The molecule has 1 N–H and O–H groups in total. The number of hydrogen-bond donors (Lipinski definition) is 1. The van der Waals surface area contributed by atoms with Gasteiger partial charge in [-0.15, -0.1) is 0 Å². The Hall–Kier alpha value is -2.34. The summed E-state index contributed by atoms with van der Waals surface area (Å²) in [4.78, 5) is 19.2. The van der Waals surface area contributed by atoms with E-state index in [9.17, 15) is 4.79 Å². The van der Waals surface area contributed by atoms with Crippen LogP contribution in [0.15, 0.2) is 24.5 Å². The maximum Gasteiger partial charge on any atom is 0.354 e. The van der Waals surface area contributed by atoms with Crippen LogP contribution in [0.25, 0.3) is 11.3 Å². The predicted octanol–water partition coefficient (Wildman–Crippen LogP) is 2.72. The maximum atomic E-state index is 11.9. The lowest BCUT2D eigenvalue weighted by Gasteiger charge is -2.34. The molecule has 1 fully saturated rings. The van der Waals surface area contributed by atoms with E-state index >= 15 is 0 Å². The molecule has 23 heavy (non-hydrogen) atoms. The number of nitrogens with zero attached hydrogens (tertiary/aromatic N) is 1. The Bertz CT molecular complexity index is 734. The van der Waals surface area contributed by atoms with E-state index in [1.54, 1.807) is 12.4 Å². The normalized spacial score (nSPS) is 20.3. The monoisotopic (exact) mass is 314 g/mol. The summed E-state index contributed by atoms with van der Waals surface area (Å²) in [5, 5.41) is 0. The fourth-order valence-corrected chi connectivity index (χ4v) is 3.39. The zero-order valence-electron chi connectivity index (χ0n) is 12.9. The molecule has 2 aliphatic heterocycles. The van der Waals surface area contributed by atoms with Crippen LogP contribution in [0.5, 0.6) is 5.75 Å². The summed E-state index contributed by atoms with van der Waals surface area (Å²) < 4.78 is 16.5. The minimum Gasteiger partial charge on any atom is -0.483 e. The number of aromatic amines is 1. The third kappa shape index (κ3) is 2.39. The van der Waals surface area contributed by atoms with Crippen LogP contribution in [0, 0.1) is 5.92 Å². The van der Waals surface area contributed by atoms with Gasteiger partial charge in [0.1, 0.15) is 17.5 Å². The molecule has 0 bridgehead atoms. The first-order valence-electron chi connectivity index (χ1n) is 7.78. The number of methoxy groups -OCH3 is 1. The number of carbonyl (C=O) groups excluding carboxylic acids is 1. The average molecular weight is 314 g/mol. The van der Waals surface area contributed by atoms with Crippen molar-refractivity contribution in [1.29, 1.82) is 0 Å². The van der Waals surface area contributed by atoms with E-state index in [1.807, 2.05) is 12.1 Å². The number of fused-ring (bicyclic) bond motifs is 3. The largest absolute Gasteiger partial charge is 0.483 e. The van der Waals surface area contributed by atoms with Gasteiger partial charge < -0.3 is 19.2 Å². The molecule has 0 radical (unpaired) electrons. The second kappa shape index (κ2) is 5.70. The molecule has 0 spiro atoms. The minimum atomic E-state index is -0.374. The molecule has 4 heterocycles. The zero-order chi connectivity index (χ0) is 15.8. The molecule has 0 aliphatic carbocycles. The van der Waals surface area contributed by atoms with E-state index in [2.05, 4.69) is 9.97 Å². The second-order valence-electron chi connectivity index (χ2n) is 5.87. The zero-order valence-corrected chi connectivity index (χ0v) is 12.9. The minimum absolute atomic E-state index is 0.0970. The van der Waals surface area contributed by atoms with E-state index in [0.717, 1.165) is 48.6 Å². The fraction of sp³-hybridized carbons (Fsp3) is 0.412. The highest BCUT2D eigenvalue weighted by Gasteiger charge is 2.35. The van der Waals surface area contributed by atoms with E-state index in [-0.39, 0.29) is 12.1 Å². The SMILES string of the molecule is COC(=O)c1cc2c([nH]1)-c1ccncc1OC2C1CCOCC1. The first kappa shape index (κ1) is 14.3. The Kier molecular flexibility index (Phi) is 3.53. The van der Waals surface area contributed by atoms with E-state index in [1.165, 1.54) is 7.11 Å². The lowest BCUT2D eigenvalue weighted by Crippen LogP contribution is -2.27. The van der Waals surface area contributed by atoms with Crippen molar-refractivity contribution in [2.45, 2.75) is 18.9 Å². The van der Waals surface area contributed by atoms with Crippen molar-refractivity contribution < 1.29 is 19.0 Å². The van der Waals surface area contributed by atoms with Crippen LogP contribution in [-0.2, 0) is 9.47 Å². The molecule has 1 saturated heterocycles. The van der Waals surface area contributed by atoms with E-state index in [0.29, 0.717) is 11.6 Å². The molecule has 0 aromatic carbocycles. The lowest BCUT2D eigenvalue weighted by atomic mass is 9.86. The third-order valence-corrected chi connectivity index (χ3v) is 4.56. The van der Waals surface area contributed by atoms with Crippen LogP contribution in [0.4, 0.5) is 0 Å². The fourth-order valence-electron chi connectivity index (χ4n) is 3.39. The number of ether oxygens (including phenoxy) is 3. The second-order valence-corrected chi connectivity index (χ2v) is 5.87. The molecule has 2 aromatic rings. The lowest BCUT2D eigenvalue weighted by molar-refractivity contribution is 0.0162. The van der Waals surface area contributed by atoms with Crippen LogP contribution in [0.2, 0.25) is 0 Å². The first-order valence-corrected chi connectivity index (χ1v) is 7.78. The van der Waals surface area contributed by atoms with Crippen LogP contribution in [0.3, 0.4) is 0 Å². The van der Waals surface area contributed by atoms with Crippen molar-refractivity contribution >= 4 is 5.97 Å². The summed E-state index contributed by atoms with van der Waals surface area (Å²) in [6.07, 6.45) is 5.24. The van der Waals surface area contributed by atoms with E-state index < -0.39 is 0 Å². The van der Waals surface area contributed by atoms with Gasteiger partial charge >= 0.3 is 5.97 Å². The molecular weight excluding hydrogens is 296 g/mol. The number of pyridine rings is 1. The molecular formula is C17H18N2O4. The smallest absolute Gasteiger partial charge is 0.354 e. The summed E-state index contributed by atoms with van der Waals surface area (Å²) in [6, 6.07) is 3.75. The Morgan fingerprint density at radius 1 is 1.39 bits per heavy atom. The van der Waals surface area contributed by atoms with Gasteiger partial charge in [-0.1, -0.05) is 0 Å². The highest BCUT2D eigenvalue weighted by Crippen LogP contribution is 2.46. The van der Waals surface area contributed by atoms with Crippen molar-refractivity contribution in [3.63, 3.8) is 0 Å². The number of esters is 1. The Morgan fingerprint density at radius 2 is 2.22 bits per heavy atom. The molecule has 6 heteroatoms. The Labute approximate surface area is 133 Å². The van der Waals surface area contributed by atoms with Gasteiger partial charge in [0.05, 0.1) is 19.0 Å². The Balaban J connectivity index is 1.80. The quantitative estimate of drug-likeness (QED) is 0.863. The van der Waals surface area contributed by atoms with Gasteiger partial charge in [0, 0.05) is 36.5 Å². The number of carbonyl (C=O) groups is 1. The average Bonchev–Trinajstić information content (AvgIpc) is 3.06. The number of aromatic nitrogens is 2. The third-order valence-electron chi connectivity index (χ3n) is 4.56. The van der Waals surface area contributed by atoms with Crippen molar-refractivity contribution in [1.82, 2.24) is 9.97 Å². The number of H-pyrrole nitrogens is 1. The molecule has 2 aromatic heterocycles. The van der Waals surface area contributed by atoms with Crippen LogP contribution in [-0.4, -0.2) is 36.3 Å². The summed E-state index contributed by atoms with van der Waals surface area (Å²) in [7, 11) is 1.38. The predicted molar refractivity (Wildman–Crippen MR) is 82.3 cm³/mol. The van der Waals surface area contributed by atoms with Gasteiger partial charge in [0.25, 0.3) is 0 Å². The molecule has 4 rings (SSSR count). The topological polar surface area (TPSA) is 73.4 Å². The molecule has 0 saturated carbocycles. The van der Waals surface area contributed by atoms with Crippen molar-refractivity contribution in [2.75, 3.05) is 20.3 Å². The van der Waals surface area contributed by atoms with Gasteiger partial charge in [-0.3, -0.25) is 4.98 Å². The molecule has 2 aliphatic rings. The summed E-state index contributed by atoms with van der Waals surface area (Å²) in [6.45, 7) is 1.49.